The molecule has 0 bridgehead atoms. The van der Waals surface area contributed by atoms with Crippen molar-refractivity contribution in [1.29, 1.82) is 0 Å². The zero-order chi connectivity index (χ0) is 19.0. The summed E-state index contributed by atoms with van der Waals surface area (Å²) in [4.78, 5) is 5.10. The Labute approximate surface area is 153 Å². The van der Waals surface area contributed by atoms with Crippen LogP contribution in [0.2, 0.25) is 0 Å². The highest BCUT2D eigenvalue weighted by Gasteiger charge is 2.34. The Hall–Kier alpha value is -1.90. The molecule has 25 heavy (non-hydrogen) atoms. The van der Waals surface area contributed by atoms with E-state index >= 15 is 0 Å². The molecule has 0 radical (unpaired) electrons. The highest BCUT2D eigenvalue weighted by molar-refractivity contribution is 6.12. The van der Waals surface area contributed by atoms with Gasteiger partial charge >= 0.3 is 0 Å². The molecule has 0 amide bonds. The lowest BCUT2D eigenvalue weighted by Gasteiger charge is -2.31. The summed E-state index contributed by atoms with van der Waals surface area (Å²) >= 11 is 0. The Bertz CT molecular complexity index is 702. The normalized spacial score (nSPS) is 16.8. The van der Waals surface area contributed by atoms with Gasteiger partial charge in [-0.05, 0) is 23.1 Å². The van der Waals surface area contributed by atoms with E-state index in [1.165, 1.54) is 5.57 Å². The van der Waals surface area contributed by atoms with Crippen molar-refractivity contribution in [3.8, 4) is 0 Å². The lowest BCUT2D eigenvalue weighted by Crippen LogP contribution is -2.31. The van der Waals surface area contributed by atoms with Gasteiger partial charge in [0.2, 0.25) is 0 Å². The topological polar surface area (TPSA) is 28.0 Å². The summed E-state index contributed by atoms with van der Waals surface area (Å²) in [5.74, 6) is 0.858. The average molecular weight is 340 g/mol. The van der Waals surface area contributed by atoms with Crippen molar-refractivity contribution in [2.45, 2.75) is 62.3 Å². The maximum Gasteiger partial charge on any atom is 0.154 e. The van der Waals surface area contributed by atoms with E-state index in [4.69, 9.17) is 10.1 Å². The third-order valence-corrected chi connectivity index (χ3v) is 4.14. The monoisotopic (exact) mass is 339 g/mol. The zero-order valence-electron chi connectivity index (χ0n) is 17.3. The first-order chi connectivity index (χ1) is 11.3. The number of amidine groups is 1. The van der Waals surface area contributed by atoms with Crippen LogP contribution in [0.5, 0.6) is 0 Å². The average Bonchev–Trinajstić information content (AvgIpc) is 2.67. The summed E-state index contributed by atoms with van der Waals surface area (Å²) in [7, 11) is 0. The smallest absolute Gasteiger partial charge is 0.154 e. The number of benzene rings is 1. The number of para-hydroxylation sites is 1. The number of anilines is 1. The molecule has 1 aromatic carbocycles. The van der Waals surface area contributed by atoms with Crippen molar-refractivity contribution in [3.05, 3.63) is 42.1 Å². The van der Waals surface area contributed by atoms with E-state index < -0.39 is 0 Å². The standard InChI is InChI=1S/C22H33N3/c1-20(2,3)17-15-25(16-13-11-10-12-14-16)24-19(22(7,8)9)23-18(17)21(4,5)6/h10-15H,1-9H3. The Morgan fingerprint density at radius 3 is 1.72 bits per heavy atom. The molecule has 0 spiro atoms. The maximum atomic E-state index is 5.10. The van der Waals surface area contributed by atoms with Gasteiger partial charge in [-0.25, -0.2) is 10.0 Å². The first-order valence-corrected chi connectivity index (χ1v) is 9.05. The zero-order valence-corrected chi connectivity index (χ0v) is 17.3. The minimum Gasteiger partial charge on any atom is -0.239 e. The Balaban J connectivity index is 2.74. The fourth-order valence-corrected chi connectivity index (χ4v) is 2.65. The van der Waals surface area contributed by atoms with E-state index in [0.29, 0.717) is 0 Å². The molecule has 1 aromatic rings. The predicted octanol–water partition coefficient (Wildman–Crippen LogP) is 6.28. The summed E-state index contributed by atoms with van der Waals surface area (Å²) in [6.07, 6.45) is 2.16. The minimum absolute atomic E-state index is 0.0258. The molecule has 0 atom stereocenters. The summed E-state index contributed by atoms with van der Waals surface area (Å²) in [6.45, 7) is 19.9. The molecule has 3 nitrogen and oxygen atoms in total. The first-order valence-electron chi connectivity index (χ1n) is 9.05. The number of nitrogens with zero attached hydrogens (tertiary/aromatic N) is 3. The van der Waals surface area contributed by atoms with Gasteiger partial charge in [-0.3, -0.25) is 0 Å². The van der Waals surface area contributed by atoms with Crippen molar-refractivity contribution in [3.63, 3.8) is 0 Å². The van der Waals surface area contributed by atoms with E-state index in [1.807, 2.05) is 23.2 Å². The summed E-state index contributed by atoms with van der Waals surface area (Å²) < 4.78 is 0. The number of allylic oxidation sites excluding steroid dienone is 1. The van der Waals surface area contributed by atoms with E-state index in [-0.39, 0.29) is 16.2 Å². The van der Waals surface area contributed by atoms with E-state index in [1.54, 1.807) is 0 Å². The number of hydrazone groups is 1. The lowest BCUT2D eigenvalue weighted by atomic mass is 9.75. The van der Waals surface area contributed by atoms with Gasteiger partial charge < -0.3 is 0 Å². The van der Waals surface area contributed by atoms with Crippen LogP contribution >= 0.6 is 0 Å². The van der Waals surface area contributed by atoms with Crippen LogP contribution in [0.3, 0.4) is 0 Å². The van der Waals surface area contributed by atoms with Crippen molar-refractivity contribution >= 4 is 17.2 Å². The molecule has 0 aliphatic carbocycles. The third kappa shape index (κ3) is 4.59. The molecule has 0 saturated carbocycles. The van der Waals surface area contributed by atoms with Gasteiger partial charge in [-0.2, -0.15) is 5.10 Å². The van der Waals surface area contributed by atoms with Gasteiger partial charge in [0.15, 0.2) is 5.84 Å². The van der Waals surface area contributed by atoms with Gasteiger partial charge in [0.25, 0.3) is 0 Å². The third-order valence-electron chi connectivity index (χ3n) is 4.14. The molecule has 0 saturated heterocycles. The van der Waals surface area contributed by atoms with Crippen LogP contribution in [0.4, 0.5) is 5.69 Å². The molecule has 0 N–H and O–H groups in total. The van der Waals surface area contributed by atoms with Gasteiger partial charge in [-0.1, -0.05) is 80.5 Å². The van der Waals surface area contributed by atoms with Crippen LogP contribution in [0.15, 0.2) is 52.2 Å². The van der Waals surface area contributed by atoms with Crippen LogP contribution in [0.25, 0.3) is 0 Å². The number of hydrogen-bond acceptors (Lipinski definition) is 3. The molecular weight excluding hydrogens is 306 g/mol. The molecule has 3 heteroatoms. The second-order valence-electron chi connectivity index (χ2n) is 9.86. The molecular formula is C22H33N3. The van der Waals surface area contributed by atoms with E-state index in [9.17, 15) is 0 Å². The second kappa shape index (κ2) is 6.44. The van der Waals surface area contributed by atoms with Crippen LogP contribution in [0, 0.1) is 16.2 Å². The first kappa shape index (κ1) is 19.4. The summed E-state index contributed by atoms with van der Waals surface area (Å²) in [6, 6.07) is 10.3. The molecule has 1 heterocycles. The van der Waals surface area contributed by atoms with Crippen molar-refractivity contribution < 1.29 is 0 Å². The molecule has 1 aliphatic rings. The quantitative estimate of drug-likeness (QED) is 0.591. The Morgan fingerprint density at radius 2 is 1.28 bits per heavy atom. The summed E-state index contributed by atoms with van der Waals surface area (Å²) in [5.41, 5.74) is 3.18. The van der Waals surface area contributed by atoms with Gasteiger partial charge in [0, 0.05) is 17.0 Å². The molecule has 136 valence electrons. The fourth-order valence-electron chi connectivity index (χ4n) is 2.65. The number of rotatable bonds is 1. The van der Waals surface area contributed by atoms with Crippen LogP contribution in [-0.2, 0) is 0 Å². The van der Waals surface area contributed by atoms with E-state index in [0.717, 1.165) is 17.2 Å². The molecule has 0 aromatic heterocycles. The van der Waals surface area contributed by atoms with Crippen molar-refractivity contribution in [2.24, 2.45) is 26.3 Å². The number of hydrogen-bond donors (Lipinski definition) is 0. The lowest BCUT2D eigenvalue weighted by molar-refractivity contribution is 0.500. The van der Waals surface area contributed by atoms with Crippen molar-refractivity contribution in [1.82, 2.24) is 0 Å². The molecule has 0 fully saturated rings. The van der Waals surface area contributed by atoms with Crippen LogP contribution in [0.1, 0.15) is 62.3 Å². The van der Waals surface area contributed by atoms with Crippen molar-refractivity contribution in [2.75, 3.05) is 5.01 Å². The Morgan fingerprint density at radius 1 is 0.720 bits per heavy atom. The molecule has 0 unspecified atom stereocenters. The fraction of sp³-hybridized carbons (Fsp3) is 0.545. The molecule has 2 rings (SSSR count). The SMILES string of the molecule is CC(C)(C)C1=CN(c2ccccc2)N=C(C(C)(C)C)N=C1C(C)(C)C. The summed E-state index contributed by atoms with van der Waals surface area (Å²) in [5, 5.41) is 6.92. The minimum atomic E-state index is -0.134. The highest BCUT2D eigenvalue weighted by Crippen LogP contribution is 2.37. The van der Waals surface area contributed by atoms with Gasteiger partial charge in [-0.15, -0.1) is 0 Å². The molecule has 1 aliphatic heterocycles. The highest BCUT2D eigenvalue weighted by atomic mass is 15.5. The van der Waals surface area contributed by atoms with Crippen LogP contribution in [-0.4, -0.2) is 11.5 Å². The second-order valence-corrected chi connectivity index (χ2v) is 9.86. The van der Waals surface area contributed by atoms with E-state index in [2.05, 4.69) is 80.6 Å². The maximum absolute atomic E-state index is 5.10. The van der Waals surface area contributed by atoms with Gasteiger partial charge in [0.1, 0.15) is 0 Å². The predicted molar refractivity (Wildman–Crippen MR) is 110 cm³/mol. The van der Waals surface area contributed by atoms with Gasteiger partial charge in [0.05, 0.1) is 11.4 Å². The number of aliphatic imine (C=N–C) groups is 1. The Kier molecular flexibility index (Phi) is 5.00. The largest absolute Gasteiger partial charge is 0.239 e. The van der Waals surface area contributed by atoms with Crippen LogP contribution < -0.4 is 5.01 Å².